The minimum atomic E-state index is -3.73. The molecule has 2 aromatic rings. The predicted molar refractivity (Wildman–Crippen MR) is 110 cm³/mol. The molecule has 0 saturated carbocycles. The van der Waals surface area contributed by atoms with Crippen molar-refractivity contribution in [2.75, 3.05) is 5.73 Å². The number of anilines is 1. The highest BCUT2D eigenvalue weighted by molar-refractivity contribution is 8.07. The smallest absolute Gasteiger partial charge is 0.382 e. The lowest BCUT2D eigenvalue weighted by atomic mass is 9.97. The highest BCUT2D eigenvalue weighted by Gasteiger charge is 2.66. The normalized spacial score (nSPS) is 33.0. The van der Waals surface area contributed by atoms with Gasteiger partial charge in [0, 0.05) is 23.6 Å². The number of alkyl halides is 4. The molecule has 0 amide bonds. The van der Waals surface area contributed by atoms with Gasteiger partial charge in [0.05, 0.1) is 6.61 Å². The van der Waals surface area contributed by atoms with Gasteiger partial charge in [-0.25, -0.2) is 18.0 Å². The van der Waals surface area contributed by atoms with Crippen LogP contribution in [0.15, 0.2) is 41.3 Å². The second-order valence-corrected chi connectivity index (χ2v) is 10.2. The van der Waals surface area contributed by atoms with E-state index in [0.717, 1.165) is 12.3 Å². The number of para-hydroxylation sites is 1. The van der Waals surface area contributed by atoms with Gasteiger partial charge < -0.3 is 20.1 Å². The first-order valence-electron chi connectivity index (χ1n) is 9.05. The average molecular weight is 514 g/mol. The molecule has 0 bridgehead atoms. The number of hydrogen-bond acceptors (Lipinski definition) is 9. The number of nitrogens with zero attached hydrogens (tertiary/aromatic N) is 2. The van der Waals surface area contributed by atoms with Gasteiger partial charge in [-0.05, 0) is 12.1 Å². The minimum Gasteiger partial charge on any atom is -0.424 e. The number of benzene rings is 1. The summed E-state index contributed by atoms with van der Waals surface area (Å²) in [5, 5.41) is 10.4. The van der Waals surface area contributed by atoms with Crippen molar-refractivity contribution in [3.05, 3.63) is 52.6 Å². The Balaban J connectivity index is 1.63. The van der Waals surface area contributed by atoms with Crippen LogP contribution in [-0.2, 0) is 32.2 Å². The third kappa shape index (κ3) is 3.92. The summed E-state index contributed by atoms with van der Waals surface area (Å²) in [5.74, 6) is 0.134. The second-order valence-electron chi connectivity index (χ2n) is 6.94. The van der Waals surface area contributed by atoms with Crippen molar-refractivity contribution in [1.29, 1.82) is 0 Å². The van der Waals surface area contributed by atoms with Gasteiger partial charge in [-0.2, -0.15) is 4.98 Å². The van der Waals surface area contributed by atoms with Crippen molar-refractivity contribution >= 4 is 35.9 Å². The first-order valence-corrected chi connectivity index (χ1v) is 12.0. The number of aliphatic hydroxyl groups excluding tert-OH is 1. The monoisotopic (exact) mass is 513 g/mol. The molecule has 15 heteroatoms. The van der Waals surface area contributed by atoms with Crippen molar-refractivity contribution in [2.24, 2.45) is 0 Å². The largest absolute Gasteiger partial charge is 0.424 e. The molecule has 174 valence electrons. The van der Waals surface area contributed by atoms with Crippen LogP contribution in [0.1, 0.15) is 11.8 Å². The Morgan fingerprint density at radius 3 is 2.81 bits per heavy atom. The molecule has 0 radical (unpaired) electrons. The Bertz CT molecular complexity index is 1130. The van der Waals surface area contributed by atoms with Crippen LogP contribution in [0.5, 0.6) is 5.75 Å². The zero-order valence-corrected chi connectivity index (χ0v) is 18.4. The first-order chi connectivity index (χ1) is 15.1. The maximum absolute atomic E-state index is 14.9. The maximum atomic E-state index is 14.9. The van der Waals surface area contributed by atoms with E-state index in [1.165, 1.54) is 0 Å². The Morgan fingerprint density at radius 1 is 1.41 bits per heavy atom. The Kier molecular flexibility index (Phi) is 6.27. The molecule has 3 heterocycles. The number of halogens is 4. The molecule has 2 unspecified atom stereocenters. The van der Waals surface area contributed by atoms with Gasteiger partial charge in [0.1, 0.15) is 17.7 Å². The lowest BCUT2D eigenvalue weighted by molar-refractivity contribution is -0.203. The van der Waals surface area contributed by atoms with Crippen molar-refractivity contribution in [1.82, 2.24) is 9.55 Å². The van der Waals surface area contributed by atoms with Gasteiger partial charge in [0.15, 0.2) is 18.0 Å². The van der Waals surface area contributed by atoms with E-state index < -0.39 is 48.5 Å². The van der Waals surface area contributed by atoms with Crippen LogP contribution in [-0.4, -0.2) is 44.5 Å². The van der Waals surface area contributed by atoms with Gasteiger partial charge in [0.25, 0.3) is 6.43 Å². The maximum Gasteiger partial charge on any atom is 0.382 e. The van der Waals surface area contributed by atoms with Crippen molar-refractivity contribution < 1.29 is 36.6 Å². The van der Waals surface area contributed by atoms with Crippen LogP contribution >= 0.6 is 18.3 Å². The number of ether oxygens (including phenoxy) is 1. The van der Waals surface area contributed by atoms with E-state index in [2.05, 4.69) is 4.98 Å². The zero-order chi connectivity index (χ0) is 23.3. The molecule has 2 aliphatic heterocycles. The van der Waals surface area contributed by atoms with E-state index in [4.69, 9.17) is 47.4 Å². The Hall–Kier alpha value is -1.73. The number of aliphatic hydroxyl groups is 1. The lowest BCUT2D eigenvalue weighted by Crippen LogP contribution is -2.56. The predicted octanol–water partition coefficient (Wildman–Crippen LogP) is 2.47. The van der Waals surface area contributed by atoms with Gasteiger partial charge in [-0.15, -0.1) is 0 Å². The van der Waals surface area contributed by atoms with Gasteiger partial charge in [0.2, 0.25) is 5.60 Å². The molecule has 4 rings (SSSR count). The lowest BCUT2D eigenvalue weighted by Gasteiger charge is -2.37. The van der Waals surface area contributed by atoms with E-state index in [-0.39, 0.29) is 12.4 Å². The molecule has 0 aliphatic carbocycles. The molecule has 1 saturated heterocycles. The molecule has 1 fully saturated rings. The molecule has 1 aromatic carbocycles. The number of fused-ring (bicyclic) bond motifs is 1. The van der Waals surface area contributed by atoms with Crippen LogP contribution in [0.2, 0.25) is 0 Å². The van der Waals surface area contributed by atoms with Crippen molar-refractivity contribution in [2.45, 2.75) is 42.7 Å². The fourth-order valence-electron chi connectivity index (χ4n) is 3.30. The van der Waals surface area contributed by atoms with Crippen LogP contribution in [0.4, 0.5) is 19.0 Å². The molecule has 1 aromatic heterocycles. The summed E-state index contributed by atoms with van der Waals surface area (Å²) in [6.45, 7) is -3.77. The summed E-state index contributed by atoms with van der Waals surface area (Å²) < 4.78 is 65.3. The van der Waals surface area contributed by atoms with Crippen LogP contribution < -0.4 is 15.9 Å². The highest BCUT2D eigenvalue weighted by atomic mass is 35.5. The number of nitrogen functional groups attached to an aromatic ring is 1. The molecule has 0 spiro atoms. The second kappa shape index (κ2) is 8.56. The van der Waals surface area contributed by atoms with E-state index in [0.29, 0.717) is 15.9 Å². The van der Waals surface area contributed by atoms with Crippen molar-refractivity contribution in [3.63, 3.8) is 0 Å². The summed E-state index contributed by atoms with van der Waals surface area (Å²) in [4.78, 5) is 15.5. The van der Waals surface area contributed by atoms with Crippen molar-refractivity contribution in [3.8, 4) is 5.75 Å². The Labute approximate surface area is 189 Å². The average Bonchev–Trinajstić information content (AvgIpc) is 3.00. The standard InChI is InChI=1S/C17H16ClF3N3O6PS/c18-14(30-31(32)27-7-8-3-1-2-4-9(8)29-31)17(15(20)21)12(25)11(19)13(28-17)24-6-5-10(22)23-16(24)26/h1-6,11-15,25H,7H2,(H2,22,23,26)/t11-,12+,13-,14?,17+,31?/m1/s1. The van der Waals surface area contributed by atoms with E-state index in [1.54, 1.807) is 24.3 Å². The summed E-state index contributed by atoms with van der Waals surface area (Å²) >= 11 is 11.3. The first kappa shape index (κ1) is 23.4. The molecule has 32 heavy (non-hydrogen) atoms. The molecule has 6 atom stereocenters. The number of nitrogens with two attached hydrogens (primary N) is 1. The van der Waals surface area contributed by atoms with Gasteiger partial charge >= 0.3 is 12.4 Å². The summed E-state index contributed by atoms with van der Waals surface area (Å²) in [5.41, 5.74) is -0.375. The Morgan fingerprint density at radius 2 is 2.12 bits per heavy atom. The molecule has 2 aliphatic rings. The van der Waals surface area contributed by atoms with Crippen LogP contribution in [0, 0.1) is 0 Å². The van der Waals surface area contributed by atoms with Gasteiger partial charge in [-0.1, -0.05) is 29.8 Å². The molecule has 9 nitrogen and oxygen atoms in total. The fraction of sp³-hybridized carbons (Fsp3) is 0.412. The number of aromatic nitrogens is 2. The topological polar surface area (TPSA) is 118 Å². The van der Waals surface area contributed by atoms with E-state index >= 15 is 0 Å². The third-order valence-corrected chi connectivity index (χ3v) is 7.65. The number of hydrogen-bond donors (Lipinski definition) is 2. The molecular weight excluding hydrogens is 498 g/mol. The SMILES string of the molecule is Nc1ccn([C@@H]2O[C@](C(F)F)(C(Cl)OP3(=S)OCc4ccccc4O3)[C@@H](O)[C@H]2F)c(=O)n1. The summed E-state index contributed by atoms with van der Waals surface area (Å²) in [7, 11) is 0. The fourth-order valence-corrected chi connectivity index (χ4v) is 5.95. The summed E-state index contributed by atoms with van der Waals surface area (Å²) in [6.07, 6.45) is -9.55. The van der Waals surface area contributed by atoms with E-state index in [9.17, 15) is 23.1 Å². The minimum absolute atomic E-state index is 0.0387. The zero-order valence-electron chi connectivity index (χ0n) is 15.9. The quantitative estimate of drug-likeness (QED) is 0.459. The number of rotatable bonds is 5. The van der Waals surface area contributed by atoms with E-state index in [1.807, 2.05) is 0 Å². The van der Waals surface area contributed by atoms with Crippen LogP contribution in [0.25, 0.3) is 0 Å². The highest BCUT2D eigenvalue weighted by Crippen LogP contribution is 2.58. The third-order valence-electron chi connectivity index (χ3n) is 4.97. The van der Waals surface area contributed by atoms with Crippen LogP contribution in [0.3, 0.4) is 0 Å². The summed E-state index contributed by atoms with van der Waals surface area (Å²) in [6, 6.07) is 7.79. The molecular formula is C17H16ClF3N3O6PS. The molecule has 3 N–H and O–H groups in total. The van der Waals surface area contributed by atoms with Gasteiger partial charge in [-0.3, -0.25) is 13.6 Å².